The van der Waals surface area contributed by atoms with Crippen molar-refractivity contribution in [1.82, 2.24) is 4.72 Å². The number of nitrogen functional groups attached to an aromatic ring is 1. The van der Waals surface area contributed by atoms with Gasteiger partial charge >= 0.3 is 6.18 Å². The van der Waals surface area contributed by atoms with E-state index in [0.29, 0.717) is 0 Å². The quantitative estimate of drug-likeness (QED) is 0.622. The molecule has 0 atom stereocenters. The summed E-state index contributed by atoms with van der Waals surface area (Å²) in [6.07, 6.45) is -5.25. The summed E-state index contributed by atoms with van der Waals surface area (Å²) >= 11 is 5.77. The van der Waals surface area contributed by atoms with Crippen LogP contribution < -0.4 is 10.5 Å². The topological polar surface area (TPSA) is 72.2 Å². The maximum absolute atomic E-state index is 11.9. The number of alkyl halides is 3. The first-order chi connectivity index (χ1) is 9.13. The van der Waals surface area contributed by atoms with Gasteiger partial charge in [0.05, 0.1) is 10.7 Å². The highest BCUT2D eigenvalue weighted by Gasteiger charge is 2.26. The number of rotatable bonds is 6. The van der Waals surface area contributed by atoms with Crippen LogP contribution in [0.5, 0.6) is 0 Å². The Bertz CT molecular complexity index is 541. The van der Waals surface area contributed by atoms with Crippen molar-refractivity contribution in [2.75, 3.05) is 12.3 Å². The molecule has 0 aliphatic carbocycles. The number of sulfonamides is 1. The molecule has 0 saturated heterocycles. The van der Waals surface area contributed by atoms with Crippen LogP contribution in [-0.4, -0.2) is 21.1 Å². The summed E-state index contributed by atoms with van der Waals surface area (Å²) in [5.74, 6) is 0. The van der Waals surface area contributed by atoms with E-state index in [1.165, 1.54) is 18.2 Å². The highest BCUT2D eigenvalue weighted by Crippen LogP contribution is 2.27. The minimum atomic E-state index is -4.23. The van der Waals surface area contributed by atoms with Gasteiger partial charge in [-0.25, -0.2) is 13.1 Å². The van der Waals surface area contributed by atoms with Crippen molar-refractivity contribution >= 4 is 27.3 Å². The average molecular weight is 331 g/mol. The van der Waals surface area contributed by atoms with Crippen molar-refractivity contribution in [3.63, 3.8) is 0 Å². The minimum Gasteiger partial charge on any atom is -0.398 e. The summed E-state index contributed by atoms with van der Waals surface area (Å²) in [6, 6.07) is 4.25. The first-order valence-electron chi connectivity index (χ1n) is 5.74. The fourth-order valence-electron chi connectivity index (χ4n) is 1.54. The van der Waals surface area contributed by atoms with Crippen LogP contribution in [0, 0.1) is 0 Å². The van der Waals surface area contributed by atoms with Gasteiger partial charge in [-0.1, -0.05) is 17.7 Å². The maximum atomic E-state index is 11.9. The number of anilines is 1. The lowest BCUT2D eigenvalue weighted by atomic mass is 10.2. The summed E-state index contributed by atoms with van der Waals surface area (Å²) in [4.78, 5) is -0.252. The molecule has 0 aliphatic rings. The van der Waals surface area contributed by atoms with Gasteiger partial charge in [-0.3, -0.25) is 0 Å². The first kappa shape index (κ1) is 17.1. The second-order valence-corrected chi connectivity index (χ2v) is 6.24. The Balaban J connectivity index is 2.59. The van der Waals surface area contributed by atoms with Gasteiger partial charge in [0, 0.05) is 13.0 Å². The summed E-state index contributed by atoms with van der Waals surface area (Å²) in [5.41, 5.74) is 5.53. The number of halogens is 4. The van der Waals surface area contributed by atoms with Crippen molar-refractivity contribution in [3.8, 4) is 0 Å². The van der Waals surface area contributed by atoms with Gasteiger partial charge in [-0.05, 0) is 25.0 Å². The van der Waals surface area contributed by atoms with Gasteiger partial charge in [0.2, 0.25) is 10.0 Å². The second-order valence-electron chi connectivity index (χ2n) is 4.13. The summed E-state index contributed by atoms with van der Waals surface area (Å²) < 4.78 is 61.8. The van der Waals surface area contributed by atoms with Crippen LogP contribution >= 0.6 is 11.6 Å². The molecule has 1 rings (SSSR count). The third-order valence-corrected chi connectivity index (χ3v) is 4.45. The number of nitrogens with one attached hydrogen (secondary N) is 1. The van der Waals surface area contributed by atoms with Crippen molar-refractivity contribution in [1.29, 1.82) is 0 Å². The molecule has 0 fully saturated rings. The van der Waals surface area contributed by atoms with E-state index in [9.17, 15) is 21.6 Å². The Kier molecular flexibility index (Phi) is 5.67. The SMILES string of the molecule is Nc1cccc(Cl)c1S(=O)(=O)NCCCCC(F)(F)F. The standard InChI is InChI=1S/C11H14ClF3N2O2S/c12-8-4-3-5-9(16)10(8)20(18,19)17-7-2-1-6-11(13,14)15/h3-5,17H,1-2,6-7,16H2. The molecule has 0 unspecified atom stereocenters. The molecule has 1 aromatic rings. The van der Waals surface area contributed by atoms with Crippen molar-refractivity contribution in [2.24, 2.45) is 0 Å². The Hall–Kier alpha value is -0.990. The molecule has 1 aromatic carbocycles. The van der Waals surface area contributed by atoms with Crippen LogP contribution in [0.15, 0.2) is 23.1 Å². The van der Waals surface area contributed by atoms with E-state index < -0.39 is 22.6 Å². The van der Waals surface area contributed by atoms with Gasteiger partial charge in [-0.15, -0.1) is 0 Å². The zero-order chi connectivity index (χ0) is 15.4. The predicted octanol–water partition coefficient (Wildman–Crippen LogP) is 2.93. The molecule has 0 aliphatic heterocycles. The number of unbranched alkanes of at least 4 members (excludes halogenated alkanes) is 1. The van der Waals surface area contributed by atoms with Gasteiger partial charge in [-0.2, -0.15) is 13.2 Å². The van der Waals surface area contributed by atoms with E-state index in [1.807, 2.05) is 0 Å². The summed E-state index contributed by atoms with van der Waals surface area (Å²) in [7, 11) is -3.93. The Morgan fingerprint density at radius 3 is 2.45 bits per heavy atom. The van der Waals surface area contributed by atoms with Gasteiger partial charge < -0.3 is 5.73 Å². The average Bonchev–Trinajstić information content (AvgIpc) is 2.26. The highest BCUT2D eigenvalue weighted by atomic mass is 35.5. The van der Waals surface area contributed by atoms with Gasteiger partial charge in [0.1, 0.15) is 4.90 Å². The lowest BCUT2D eigenvalue weighted by Gasteiger charge is -2.11. The van der Waals surface area contributed by atoms with Crippen molar-refractivity contribution in [3.05, 3.63) is 23.2 Å². The van der Waals surface area contributed by atoms with E-state index in [4.69, 9.17) is 17.3 Å². The Morgan fingerprint density at radius 2 is 1.90 bits per heavy atom. The molecule has 9 heteroatoms. The first-order valence-corrected chi connectivity index (χ1v) is 7.60. The van der Waals surface area contributed by atoms with Gasteiger partial charge in [0.15, 0.2) is 0 Å². The predicted molar refractivity (Wildman–Crippen MR) is 71.0 cm³/mol. The van der Waals surface area contributed by atoms with E-state index in [-0.39, 0.29) is 35.0 Å². The third kappa shape index (κ3) is 5.18. The monoisotopic (exact) mass is 330 g/mol. The molecule has 114 valence electrons. The number of benzene rings is 1. The zero-order valence-electron chi connectivity index (χ0n) is 10.4. The van der Waals surface area contributed by atoms with E-state index in [2.05, 4.69) is 4.72 Å². The lowest BCUT2D eigenvalue weighted by Crippen LogP contribution is -2.26. The van der Waals surface area contributed by atoms with Crippen molar-refractivity contribution in [2.45, 2.75) is 30.3 Å². The smallest absolute Gasteiger partial charge is 0.389 e. The lowest BCUT2D eigenvalue weighted by molar-refractivity contribution is -0.135. The molecule has 0 radical (unpaired) electrons. The molecule has 0 aromatic heterocycles. The molecule has 0 bridgehead atoms. The molecule has 0 amide bonds. The molecule has 0 saturated carbocycles. The maximum Gasteiger partial charge on any atom is 0.389 e. The molecule has 0 heterocycles. The zero-order valence-corrected chi connectivity index (χ0v) is 11.9. The number of hydrogen-bond donors (Lipinski definition) is 2. The largest absolute Gasteiger partial charge is 0.398 e. The van der Waals surface area contributed by atoms with Crippen LogP contribution in [0.4, 0.5) is 18.9 Å². The van der Waals surface area contributed by atoms with E-state index in [0.717, 1.165) is 0 Å². The molecular formula is C11H14ClF3N2O2S. The Labute approximate surface area is 120 Å². The second kappa shape index (κ2) is 6.64. The van der Waals surface area contributed by atoms with Crippen molar-refractivity contribution < 1.29 is 21.6 Å². The molecule has 20 heavy (non-hydrogen) atoms. The molecule has 0 spiro atoms. The fraction of sp³-hybridized carbons (Fsp3) is 0.455. The van der Waals surface area contributed by atoms with E-state index >= 15 is 0 Å². The van der Waals surface area contributed by atoms with Crippen LogP contribution in [0.1, 0.15) is 19.3 Å². The fourth-order valence-corrected chi connectivity index (χ4v) is 3.29. The van der Waals surface area contributed by atoms with Gasteiger partial charge in [0.25, 0.3) is 0 Å². The third-order valence-electron chi connectivity index (χ3n) is 2.45. The highest BCUT2D eigenvalue weighted by molar-refractivity contribution is 7.89. The summed E-state index contributed by atoms with van der Waals surface area (Å²) in [5, 5.41) is -0.0345. The van der Waals surface area contributed by atoms with Crippen LogP contribution in [0.25, 0.3) is 0 Å². The number of hydrogen-bond acceptors (Lipinski definition) is 3. The Morgan fingerprint density at radius 1 is 1.25 bits per heavy atom. The van der Waals surface area contributed by atoms with Crippen LogP contribution in [0.3, 0.4) is 0 Å². The number of nitrogens with two attached hydrogens (primary N) is 1. The summed E-state index contributed by atoms with van der Waals surface area (Å²) in [6.45, 7) is -0.108. The molecule has 4 nitrogen and oxygen atoms in total. The normalized spacial score (nSPS) is 12.6. The van der Waals surface area contributed by atoms with Crippen LogP contribution in [-0.2, 0) is 10.0 Å². The van der Waals surface area contributed by atoms with E-state index in [1.54, 1.807) is 0 Å². The molecule has 3 N–H and O–H groups in total. The molecular weight excluding hydrogens is 317 g/mol. The van der Waals surface area contributed by atoms with Crippen LogP contribution in [0.2, 0.25) is 5.02 Å². The minimum absolute atomic E-state index is 0.0136.